The van der Waals surface area contributed by atoms with Gasteiger partial charge in [0.05, 0.1) is 15.1 Å². The lowest BCUT2D eigenvalue weighted by Crippen LogP contribution is -2.05. The van der Waals surface area contributed by atoms with Gasteiger partial charge in [-0.1, -0.05) is 23.5 Å². The maximum Gasteiger partial charge on any atom is 0.354 e. The Balaban J connectivity index is 1.71. The van der Waals surface area contributed by atoms with Crippen LogP contribution in [0.4, 0.5) is 28.3 Å². The molecule has 0 aliphatic carbocycles. The summed E-state index contributed by atoms with van der Waals surface area (Å²) in [6.45, 7) is 2.00. The highest BCUT2D eigenvalue weighted by Crippen LogP contribution is 2.35. The highest BCUT2D eigenvalue weighted by Gasteiger charge is 2.24. The van der Waals surface area contributed by atoms with E-state index in [1.54, 1.807) is 24.4 Å². The molecule has 134 valence electrons. The highest BCUT2D eigenvalue weighted by molar-refractivity contribution is 7.22. The van der Waals surface area contributed by atoms with Crippen LogP contribution in [0.5, 0.6) is 0 Å². The second-order valence-electron chi connectivity index (χ2n) is 5.63. The lowest BCUT2D eigenvalue weighted by atomic mass is 10.2. The van der Waals surface area contributed by atoms with Crippen molar-refractivity contribution in [1.29, 1.82) is 0 Å². The number of fused-ring (bicyclic) bond motifs is 1. The van der Waals surface area contributed by atoms with Crippen molar-refractivity contribution in [3.05, 3.63) is 64.6 Å². The number of nitro groups is 1. The van der Waals surface area contributed by atoms with E-state index in [1.807, 2.05) is 25.1 Å². The first-order chi connectivity index (χ1) is 13.1. The van der Waals surface area contributed by atoms with Crippen LogP contribution in [0.2, 0.25) is 0 Å². The third-order valence-electron chi connectivity index (χ3n) is 3.69. The van der Waals surface area contributed by atoms with Crippen molar-refractivity contribution in [3.63, 3.8) is 0 Å². The summed E-state index contributed by atoms with van der Waals surface area (Å²) in [5.41, 5.74) is 1.66. The van der Waals surface area contributed by atoms with Crippen LogP contribution in [-0.2, 0) is 0 Å². The molecule has 4 rings (SSSR count). The number of pyridine rings is 1. The number of hydrogen-bond donors (Lipinski definition) is 2. The van der Waals surface area contributed by atoms with Gasteiger partial charge in [-0.2, -0.15) is 0 Å². The van der Waals surface area contributed by atoms with Gasteiger partial charge in [0.2, 0.25) is 11.6 Å². The van der Waals surface area contributed by atoms with Crippen LogP contribution in [0.25, 0.3) is 10.2 Å². The lowest BCUT2D eigenvalue weighted by molar-refractivity contribution is -0.383. The summed E-state index contributed by atoms with van der Waals surface area (Å²) in [6.07, 6.45) is 2.83. The third kappa shape index (κ3) is 3.51. The number of anilines is 4. The van der Waals surface area contributed by atoms with Crippen molar-refractivity contribution >= 4 is 49.8 Å². The van der Waals surface area contributed by atoms with Crippen LogP contribution >= 0.6 is 11.3 Å². The molecule has 0 saturated heterocycles. The Bertz CT molecular complexity index is 1130. The van der Waals surface area contributed by atoms with E-state index in [2.05, 4.69) is 30.6 Å². The molecule has 0 spiro atoms. The summed E-state index contributed by atoms with van der Waals surface area (Å²) in [4.78, 5) is 27.7. The molecule has 0 saturated carbocycles. The van der Waals surface area contributed by atoms with Gasteiger partial charge in [-0.15, -0.1) is 0 Å². The molecule has 0 fully saturated rings. The lowest BCUT2D eigenvalue weighted by Gasteiger charge is -2.08. The summed E-state index contributed by atoms with van der Waals surface area (Å²) in [6, 6.07) is 11.1. The molecule has 0 atom stereocenters. The molecule has 1 aromatic carbocycles. The number of aromatic nitrogens is 4. The summed E-state index contributed by atoms with van der Waals surface area (Å²) >= 11 is 1.40. The van der Waals surface area contributed by atoms with E-state index in [9.17, 15) is 10.1 Å². The number of nitrogens with zero attached hydrogens (tertiary/aromatic N) is 5. The first-order valence-electron chi connectivity index (χ1n) is 7.92. The molecular weight excluding hydrogens is 366 g/mol. The molecule has 3 heterocycles. The van der Waals surface area contributed by atoms with Gasteiger partial charge in [-0.05, 0) is 36.8 Å². The average Bonchev–Trinajstić information content (AvgIpc) is 3.04. The predicted molar refractivity (Wildman–Crippen MR) is 104 cm³/mol. The molecule has 0 aliphatic heterocycles. The molecule has 10 heteroatoms. The largest absolute Gasteiger partial charge is 0.354 e. The SMILES string of the molecule is Cc1ccc2nc(Nc3ncnc(Nc4ccccn4)c3[N+](=O)[O-])sc2c1. The zero-order valence-electron chi connectivity index (χ0n) is 14.1. The number of aryl methyl sites for hydroxylation is 1. The normalized spacial score (nSPS) is 10.7. The van der Waals surface area contributed by atoms with E-state index < -0.39 is 4.92 Å². The van der Waals surface area contributed by atoms with Crippen molar-refractivity contribution in [3.8, 4) is 0 Å². The molecule has 2 N–H and O–H groups in total. The van der Waals surface area contributed by atoms with E-state index in [4.69, 9.17) is 0 Å². The highest BCUT2D eigenvalue weighted by atomic mass is 32.1. The summed E-state index contributed by atoms with van der Waals surface area (Å²) in [5.74, 6) is 0.554. The van der Waals surface area contributed by atoms with Crippen LogP contribution < -0.4 is 10.6 Å². The average molecular weight is 379 g/mol. The van der Waals surface area contributed by atoms with Crippen molar-refractivity contribution < 1.29 is 4.92 Å². The minimum Gasteiger partial charge on any atom is -0.319 e. The molecule has 0 bridgehead atoms. The van der Waals surface area contributed by atoms with E-state index >= 15 is 0 Å². The van der Waals surface area contributed by atoms with Crippen LogP contribution in [0.1, 0.15) is 5.56 Å². The van der Waals surface area contributed by atoms with Crippen molar-refractivity contribution in [2.45, 2.75) is 6.92 Å². The van der Waals surface area contributed by atoms with Crippen molar-refractivity contribution in [2.75, 3.05) is 10.6 Å². The fourth-order valence-electron chi connectivity index (χ4n) is 2.48. The van der Waals surface area contributed by atoms with Gasteiger partial charge in [0.15, 0.2) is 5.13 Å². The fraction of sp³-hybridized carbons (Fsp3) is 0.0588. The monoisotopic (exact) mass is 379 g/mol. The van der Waals surface area contributed by atoms with Gasteiger partial charge >= 0.3 is 5.69 Å². The smallest absolute Gasteiger partial charge is 0.319 e. The van der Waals surface area contributed by atoms with Gasteiger partial charge < -0.3 is 10.6 Å². The molecule has 27 heavy (non-hydrogen) atoms. The first-order valence-corrected chi connectivity index (χ1v) is 8.73. The number of thiazole rings is 1. The van der Waals surface area contributed by atoms with E-state index in [0.29, 0.717) is 10.9 Å². The minimum atomic E-state index is -0.537. The van der Waals surface area contributed by atoms with Crippen molar-refractivity contribution in [2.24, 2.45) is 0 Å². The van der Waals surface area contributed by atoms with Gasteiger partial charge in [-0.25, -0.2) is 19.9 Å². The van der Waals surface area contributed by atoms with Gasteiger partial charge in [0.1, 0.15) is 12.1 Å². The third-order valence-corrected chi connectivity index (χ3v) is 4.62. The summed E-state index contributed by atoms with van der Waals surface area (Å²) in [5, 5.41) is 18.0. The standard InChI is InChI=1S/C17H13N7O2S/c1-10-5-6-11-12(8-10)27-17(21-11)23-16-14(24(25)26)15(19-9-20-16)22-13-4-2-3-7-18-13/h2-9H,1H3,(H2,18,19,20,21,22,23). The topological polar surface area (TPSA) is 119 Å². The second-order valence-corrected chi connectivity index (χ2v) is 6.66. The maximum atomic E-state index is 11.6. The Morgan fingerprint density at radius 2 is 1.89 bits per heavy atom. The molecular formula is C17H13N7O2S. The molecule has 9 nitrogen and oxygen atoms in total. The van der Waals surface area contributed by atoms with Crippen LogP contribution in [-0.4, -0.2) is 24.9 Å². The van der Waals surface area contributed by atoms with Crippen LogP contribution in [0.3, 0.4) is 0 Å². The minimum absolute atomic E-state index is 0.0492. The predicted octanol–water partition coefficient (Wildman–Crippen LogP) is 4.19. The molecule has 0 amide bonds. The zero-order chi connectivity index (χ0) is 18.8. The van der Waals surface area contributed by atoms with Crippen LogP contribution in [0, 0.1) is 17.0 Å². The molecule has 0 unspecified atom stereocenters. The quantitative estimate of drug-likeness (QED) is 0.391. The van der Waals surface area contributed by atoms with Crippen LogP contribution in [0.15, 0.2) is 48.9 Å². The molecule has 0 radical (unpaired) electrons. The zero-order valence-corrected chi connectivity index (χ0v) is 14.9. The fourth-order valence-corrected chi connectivity index (χ4v) is 3.44. The van der Waals surface area contributed by atoms with E-state index in [0.717, 1.165) is 15.8 Å². The Kier molecular flexibility index (Phi) is 4.30. The molecule has 4 aromatic rings. The van der Waals surface area contributed by atoms with E-state index in [-0.39, 0.29) is 17.3 Å². The van der Waals surface area contributed by atoms with Gasteiger partial charge in [-0.3, -0.25) is 10.1 Å². The van der Waals surface area contributed by atoms with Gasteiger partial charge in [0.25, 0.3) is 0 Å². The first kappa shape index (κ1) is 16.8. The number of hydrogen-bond acceptors (Lipinski definition) is 9. The summed E-state index contributed by atoms with van der Waals surface area (Å²) < 4.78 is 0.987. The molecule has 3 aromatic heterocycles. The Morgan fingerprint density at radius 3 is 2.63 bits per heavy atom. The Hall–Kier alpha value is -3.66. The summed E-state index contributed by atoms with van der Waals surface area (Å²) in [7, 11) is 0. The Labute approximate surface area is 157 Å². The number of nitrogens with one attached hydrogen (secondary N) is 2. The second kappa shape index (κ2) is 6.92. The molecule has 0 aliphatic rings. The van der Waals surface area contributed by atoms with Gasteiger partial charge in [0, 0.05) is 6.20 Å². The Morgan fingerprint density at radius 1 is 1.07 bits per heavy atom. The maximum absolute atomic E-state index is 11.6. The van der Waals surface area contributed by atoms with Crippen molar-refractivity contribution in [1.82, 2.24) is 19.9 Å². The van der Waals surface area contributed by atoms with E-state index in [1.165, 1.54) is 17.7 Å². The number of rotatable bonds is 5. The number of benzene rings is 1.